The molecule has 1 heterocycles. The third-order valence-electron chi connectivity index (χ3n) is 3.65. The lowest BCUT2D eigenvalue weighted by Gasteiger charge is -2.21. The smallest absolute Gasteiger partial charge is 0.321 e. The van der Waals surface area contributed by atoms with E-state index in [0.29, 0.717) is 0 Å². The molecule has 1 N–H and O–H groups in total. The standard InChI is InChI=1S/C17H25N3O/c1-4-11-20(12-5-2)17(21)18-15-13-19(6-3)16-10-8-7-9-14(15)16/h7-10,13H,4-6,11-12H2,1-3H3,(H,18,21). The van der Waals surface area contributed by atoms with Gasteiger partial charge in [0.2, 0.25) is 0 Å². The Kier molecular flexibility index (Phi) is 5.26. The van der Waals surface area contributed by atoms with Gasteiger partial charge in [0.25, 0.3) is 0 Å². The molecule has 2 amide bonds. The number of para-hydroxylation sites is 1. The van der Waals surface area contributed by atoms with Crippen LogP contribution < -0.4 is 5.32 Å². The molecule has 4 heteroatoms. The molecule has 1 aromatic carbocycles. The Bertz CT molecular complexity index is 597. The number of nitrogens with one attached hydrogen (secondary N) is 1. The fourth-order valence-corrected chi connectivity index (χ4v) is 2.66. The van der Waals surface area contributed by atoms with Gasteiger partial charge in [0.1, 0.15) is 0 Å². The average molecular weight is 287 g/mol. The van der Waals surface area contributed by atoms with Gasteiger partial charge >= 0.3 is 6.03 Å². The Labute approximate surface area is 126 Å². The lowest BCUT2D eigenvalue weighted by Crippen LogP contribution is -2.36. The summed E-state index contributed by atoms with van der Waals surface area (Å²) in [7, 11) is 0. The first-order chi connectivity index (χ1) is 10.2. The van der Waals surface area contributed by atoms with Crippen LogP contribution in [0.25, 0.3) is 10.9 Å². The van der Waals surface area contributed by atoms with Crippen LogP contribution in [0.5, 0.6) is 0 Å². The van der Waals surface area contributed by atoms with Crippen LogP contribution >= 0.6 is 0 Å². The van der Waals surface area contributed by atoms with Gasteiger partial charge in [0.05, 0.1) is 11.2 Å². The molecule has 0 saturated carbocycles. The summed E-state index contributed by atoms with van der Waals surface area (Å²) < 4.78 is 2.16. The molecular formula is C17H25N3O. The van der Waals surface area contributed by atoms with Gasteiger partial charge in [-0.2, -0.15) is 0 Å². The van der Waals surface area contributed by atoms with Crippen molar-refractivity contribution in [2.24, 2.45) is 0 Å². The van der Waals surface area contributed by atoms with Gasteiger partial charge in [-0.15, -0.1) is 0 Å². The highest BCUT2D eigenvalue weighted by Gasteiger charge is 2.14. The molecule has 21 heavy (non-hydrogen) atoms. The van der Waals surface area contributed by atoms with Crippen LogP contribution in [0.4, 0.5) is 10.5 Å². The molecule has 0 aliphatic rings. The number of fused-ring (bicyclic) bond motifs is 1. The topological polar surface area (TPSA) is 37.3 Å². The number of hydrogen-bond acceptors (Lipinski definition) is 1. The molecule has 1 aromatic heterocycles. The van der Waals surface area contributed by atoms with Crippen LogP contribution in [-0.2, 0) is 6.54 Å². The second-order valence-electron chi connectivity index (χ2n) is 5.26. The average Bonchev–Trinajstić information content (AvgIpc) is 2.85. The molecule has 0 atom stereocenters. The Balaban J connectivity index is 2.24. The molecular weight excluding hydrogens is 262 g/mol. The third-order valence-corrected chi connectivity index (χ3v) is 3.65. The second kappa shape index (κ2) is 7.16. The van der Waals surface area contributed by atoms with Crippen LogP contribution in [0.15, 0.2) is 30.5 Å². The molecule has 2 aromatic rings. The van der Waals surface area contributed by atoms with Crippen molar-refractivity contribution in [3.63, 3.8) is 0 Å². The zero-order valence-corrected chi connectivity index (χ0v) is 13.2. The number of nitrogens with zero attached hydrogens (tertiary/aromatic N) is 2. The summed E-state index contributed by atoms with van der Waals surface area (Å²) in [5.41, 5.74) is 2.06. The number of carbonyl (C=O) groups excluding carboxylic acids is 1. The van der Waals surface area contributed by atoms with E-state index in [1.165, 1.54) is 0 Å². The van der Waals surface area contributed by atoms with E-state index < -0.39 is 0 Å². The van der Waals surface area contributed by atoms with Crippen molar-refractivity contribution in [1.82, 2.24) is 9.47 Å². The van der Waals surface area contributed by atoms with Crippen LogP contribution in [0.1, 0.15) is 33.6 Å². The predicted molar refractivity (Wildman–Crippen MR) is 88.8 cm³/mol. The maximum Gasteiger partial charge on any atom is 0.321 e. The molecule has 0 spiro atoms. The quantitative estimate of drug-likeness (QED) is 0.844. The number of anilines is 1. The molecule has 0 aliphatic heterocycles. The Morgan fingerprint density at radius 3 is 2.43 bits per heavy atom. The van der Waals surface area contributed by atoms with E-state index >= 15 is 0 Å². The summed E-state index contributed by atoms with van der Waals surface area (Å²) in [5.74, 6) is 0. The Morgan fingerprint density at radius 2 is 1.81 bits per heavy atom. The zero-order chi connectivity index (χ0) is 15.2. The molecule has 0 fully saturated rings. The van der Waals surface area contributed by atoms with Crippen molar-refractivity contribution in [3.8, 4) is 0 Å². The number of urea groups is 1. The summed E-state index contributed by atoms with van der Waals surface area (Å²) in [6.45, 7) is 8.79. The highest BCUT2D eigenvalue weighted by molar-refractivity contribution is 6.01. The van der Waals surface area contributed by atoms with Crippen LogP contribution in [0.2, 0.25) is 0 Å². The molecule has 2 rings (SSSR count). The van der Waals surface area contributed by atoms with Crippen molar-refractivity contribution in [2.45, 2.75) is 40.2 Å². The van der Waals surface area contributed by atoms with Crippen molar-refractivity contribution in [1.29, 1.82) is 0 Å². The van der Waals surface area contributed by atoms with Crippen LogP contribution in [-0.4, -0.2) is 28.6 Å². The monoisotopic (exact) mass is 287 g/mol. The van der Waals surface area contributed by atoms with E-state index in [1.54, 1.807) is 0 Å². The number of amides is 2. The third kappa shape index (κ3) is 3.38. The highest BCUT2D eigenvalue weighted by Crippen LogP contribution is 2.26. The number of aryl methyl sites for hydroxylation is 1. The maximum absolute atomic E-state index is 12.4. The number of aromatic nitrogens is 1. The van der Waals surface area contributed by atoms with Crippen molar-refractivity contribution in [2.75, 3.05) is 18.4 Å². The van der Waals surface area contributed by atoms with E-state index in [-0.39, 0.29) is 6.03 Å². The van der Waals surface area contributed by atoms with Gasteiger partial charge in [0.15, 0.2) is 0 Å². The largest absolute Gasteiger partial charge is 0.346 e. The highest BCUT2D eigenvalue weighted by atomic mass is 16.2. The van der Waals surface area contributed by atoms with E-state index in [4.69, 9.17) is 0 Å². The van der Waals surface area contributed by atoms with Gasteiger partial charge in [0, 0.05) is 31.2 Å². The first kappa shape index (κ1) is 15.4. The van der Waals surface area contributed by atoms with E-state index in [0.717, 1.165) is 49.1 Å². The predicted octanol–water partition coefficient (Wildman–Crippen LogP) is 4.32. The normalized spacial score (nSPS) is 10.8. The lowest BCUT2D eigenvalue weighted by atomic mass is 10.2. The number of carbonyl (C=O) groups is 1. The van der Waals surface area contributed by atoms with Crippen molar-refractivity contribution < 1.29 is 4.79 Å². The fraction of sp³-hybridized carbons (Fsp3) is 0.471. The molecule has 0 aliphatic carbocycles. The summed E-state index contributed by atoms with van der Waals surface area (Å²) in [5, 5.41) is 4.17. The Morgan fingerprint density at radius 1 is 1.14 bits per heavy atom. The minimum atomic E-state index is -0.00212. The molecule has 0 saturated heterocycles. The number of rotatable bonds is 6. The molecule has 0 bridgehead atoms. The van der Waals surface area contributed by atoms with Gasteiger partial charge in [-0.3, -0.25) is 0 Å². The minimum Gasteiger partial charge on any atom is -0.346 e. The first-order valence-electron chi connectivity index (χ1n) is 7.85. The van der Waals surface area contributed by atoms with E-state index in [2.05, 4.69) is 42.8 Å². The summed E-state index contributed by atoms with van der Waals surface area (Å²) in [4.78, 5) is 14.3. The fourth-order valence-electron chi connectivity index (χ4n) is 2.66. The zero-order valence-electron chi connectivity index (χ0n) is 13.2. The van der Waals surface area contributed by atoms with Crippen LogP contribution in [0, 0.1) is 0 Å². The van der Waals surface area contributed by atoms with E-state index in [1.807, 2.05) is 23.2 Å². The van der Waals surface area contributed by atoms with Gasteiger partial charge in [-0.05, 0) is 25.8 Å². The summed E-state index contributed by atoms with van der Waals surface area (Å²) >= 11 is 0. The van der Waals surface area contributed by atoms with Crippen molar-refractivity contribution >= 4 is 22.6 Å². The first-order valence-corrected chi connectivity index (χ1v) is 7.85. The van der Waals surface area contributed by atoms with Crippen molar-refractivity contribution in [3.05, 3.63) is 30.5 Å². The van der Waals surface area contributed by atoms with Gasteiger partial charge in [-0.25, -0.2) is 4.79 Å². The Hall–Kier alpha value is -1.97. The van der Waals surface area contributed by atoms with Gasteiger partial charge in [-0.1, -0.05) is 32.0 Å². The molecule has 0 radical (unpaired) electrons. The number of benzene rings is 1. The SMILES string of the molecule is CCCN(CCC)C(=O)Nc1cn(CC)c2ccccc12. The molecule has 114 valence electrons. The summed E-state index contributed by atoms with van der Waals surface area (Å²) in [6, 6.07) is 8.18. The maximum atomic E-state index is 12.4. The lowest BCUT2D eigenvalue weighted by molar-refractivity contribution is 0.211. The van der Waals surface area contributed by atoms with Crippen LogP contribution in [0.3, 0.4) is 0 Å². The van der Waals surface area contributed by atoms with E-state index in [9.17, 15) is 4.79 Å². The molecule has 0 unspecified atom stereocenters. The van der Waals surface area contributed by atoms with Gasteiger partial charge < -0.3 is 14.8 Å². The minimum absolute atomic E-state index is 0.00212. The second-order valence-corrected chi connectivity index (χ2v) is 5.26. The summed E-state index contributed by atoms with van der Waals surface area (Å²) in [6.07, 6.45) is 3.98. The molecule has 4 nitrogen and oxygen atoms in total. The number of hydrogen-bond donors (Lipinski definition) is 1.